The van der Waals surface area contributed by atoms with Gasteiger partial charge < -0.3 is 23.7 Å². The molecule has 166 valence electrons. The molecule has 7 heteroatoms. The summed E-state index contributed by atoms with van der Waals surface area (Å²) in [6.45, 7) is 4.08. The molecule has 5 nitrogen and oxygen atoms in total. The molecule has 2 aromatic rings. The standard InChI is InChI=1S/C24H26F2O5/c1-4-15-9-18(30-14-28-3)10-19-20-11-24(25,26)12-21(20)23(31-22(15)19)16-5-7-17(8-6-16)29-13-27-2/h4-10,20-21,23H,1,11-14H2,2-3H3/t20-,21-,23-/m0/s1. The molecule has 1 saturated carbocycles. The number of rotatable bonds is 8. The second kappa shape index (κ2) is 8.85. The zero-order valence-electron chi connectivity index (χ0n) is 17.6. The van der Waals surface area contributed by atoms with Crippen molar-refractivity contribution in [2.24, 2.45) is 5.92 Å². The van der Waals surface area contributed by atoms with Crippen LogP contribution in [0.1, 0.15) is 41.6 Å². The van der Waals surface area contributed by atoms with Crippen molar-refractivity contribution < 1.29 is 32.5 Å². The molecule has 4 rings (SSSR count). The highest BCUT2D eigenvalue weighted by Crippen LogP contribution is 2.59. The fourth-order valence-corrected chi connectivity index (χ4v) is 4.53. The topological polar surface area (TPSA) is 46.2 Å². The highest BCUT2D eigenvalue weighted by Gasteiger charge is 2.53. The van der Waals surface area contributed by atoms with E-state index in [2.05, 4.69) is 6.58 Å². The summed E-state index contributed by atoms with van der Waals surface area (Å²) >= 11 is 0. The van der Waals surface area contributed by atoms with Gasteiger partial charge >= 0.3 is 0 Å². The van der Waals surface area contributed by atoms with E-state index in [9.17, 15) is 8.78 Å². The van der Waals surface area contributed by atoms with E-state index in [1.54, 1.807) is 37.5 Å². The molecule has 1 fully saturated rings. The molecule has 31 heavy (non-hydrogen) atoms. The van der Waals surface area contributed by atoms with E-state index in [1.165, 1.54) is 7.11 Å². The minimum atomic E-state index is -2.75. The Balaban J connectivity index is 1.72. The van der Waals surface area contributed by atoms with Gasteiger partial charge in [-0.3, -0.25) is 0 Å². The minimum Gasteiger partial charge on any atom is -0.484 e. The monoisotopic (exact) mass is 432 g/mol. The zero-order chi connectivity index (χ0) is 22.0. The summed E-state index contributed by atoms with van der Waals surface area (Å²) in [5.41, 5.74) is 2.28. The number of fused-ring (bicyclic) bond motifs is 3. The Morgan fingerprint density at radius 2 is 1.71 bits per heavy atom. The van der Waals surface area contributed by atoms with Crippen LogP contribution in [0.4, 0.5) is 8.78 Å². The Hall–Kier alpha value is -2.64. The molecule has 0 saturated heterocycles. The van der Waals surface area contributed by atoms with Gasteiger partial charge in [0.15, 0.2) is 13.6 Å². The van der Waals surface area contributed by atoms with Crippen molar-refractivity contribution in [3.8, 4) is 17.2 Å². The van der Waals surface area contributed by atoms with Crippen LogP contribution in [-0.4, -0.2) is 33.7 Å². The lowest BCUT2D eigenvalue weighted by Gasteiger charge is -2.37. The van der Waals surface area contributed by atoms with E-state index < -0.39 is 12.0 Å². The Morgan fingerprint density at radius 3 is 2.35 bits per heavy atom. The number of hydrogen-bond acceptors (Lipinski definition) is 5. The van der Waals surface area contributed by atoms with Crippen molar-refractivity contribution in [2.75, 3.05) is 27.8 Å². The average molecular weight is 432 g/mol. The lowest BCUT2D eigenvalue weighted by molar-refractivity contribution is -0.00234. The molecule has 0 radical (unpaired) electrons. The molecule has 1 aliphatic heterocycles. The van der Waals surface area contributed by atoms with Crippen molar-refractivity contribution in [1.82, 2.24) is 0 Å². The Labute approximate surface area is 180 Å². The first-order chi connectivity index (χ1) is 15.0. The summed E-state index contributed by atoms with van der Waals surface area (Å²) in [4.78, 5) is 0. The molecule has 3 atom stereocenters. The van der Waals surface area contributed by atoms with Gasteiger partial charge in [-0.1, -0.05) is 24.8 Å². The second-order valence-electron chi connectivity index (χ2n) is 7.88. The van der Waals surface area contributed by atoms with E-state index in [0.717, 1.165) is 11.1 Å². The summed E-state index contributed by atoms with van der Waals surface area (Å²) in [7, 11) is 3.07. The molecule has 1 aliphatic carbocycles. The highest BCUT2D eigenvalue weighted by atomic mass is 19.3. The Morgan fingerprint density at radius 1 is 1.03 bits per heavy atom. The van der Waals surface area contributed by atoms with Crippen molar-refractivity contribution in [1.29, 1.82) is 0 Å². The van der Waals surface area contributed by atoms with Gasteiger partial charge in [-0.15, -0.1) is 0 Å². The lowest BCUT2D eigenvalue weighted by Crippen LogP contribution is -2.27. The average Bonchev–Trinajstić information content (AvgIpc) is 3.10. The predicted molar refractivity (Wildman–Crippen MR) is 112 cm³/mol. The van der Waals surface area contributed by atoms with Gasteiger partial charge in [0.05, 0.1) is 0 Å². The van der Waals surface area contributed by atoms with E-state index in [4.69, 9.17) is 23.7 Å². The molecule has 2 aliphatic rings. The number of halogens is 2. The van der Waals surface area contributed by atoms with E-state index >= 15 is 0 Å². The van der Waals surface area contributed by atoms with Gasteiger partial charge in [0.1, 0.15) is 23.4 Å². The van der Waals surface area contributed by atoms with Crippen LogP contribution >= 0.6 is 0 Å². The maximum absolute atomic E-state index is 14.6. The molecule has 0 spiro atoms. The minimum absolute atomic E-state index is 0.0700. The predicted octanol–water partition coefficient (Wildman–Crippen LogP) is 5.56. The fraction of sp³-hybridized carbons (Fsp3) is 0.417. The molecular formula is C24H26F2O5. The number of methoxy groups -OCH3 is 2. The van der Waals surface area contributed by atoms with Crippen LogP contribution in [-0.2, 0) is 9.47 Å². The third-order valence-corrected chi connectivity index (χ3v) is 5.84. The molecule has 0 bridgehead atoms. The maximum Gasteiger partial charge on any atom is 0.249 e. The third kappa shape index (κ3) is 4.38. The number of hydrogen-bond donors (Lipinski definition) is 0. The lowest BCUT2D eigenvalue weighted by atomic mass is 9.79. The van der Waals surface area contributed by atoms with Gasteiger partial charge in [0, 0.05) is 50.0 Å². The quantitative estimate of drug-likeness (QED) is 0.511. The zero-order valence-corrected chi connectivity index (χ0v) is 17.6. The summed E-state index contributed by atoms with van der Waals surface area (Å²) < 4.78 is 56.4. The molecular weight excluding hydrogens is 406 g/mol. The summed E-state index contributed by atoms with van der Waals surface area (Å²) in [5, 5.41) is 0. The third-order valence-electron chi connectivity index (χ3n) is 5.84. The molecule has 0 amide bonds. The van der Waals surface area contributed by atoms with Gasteiger partial charge in [-0.2, -0.15) is 0 Å². The molecule has 0 aromatic heterocycles. The van der Waals surface area contributed by atoms with Crippen molar-refractivity contribution in [2.45, 2.75) is 30.8 Å². The molecule has 2 aromatic carbocycles. The Kier molecular flexibility index (Phi) is 6.16. The van der Waals surface area contributed by atoms with Crippen LogP contribution in [0.25, 0.3) is 6.08 Å². The smallest absolute Gasteiger partial charge is 0.249 e. The van der Waals surface area contributed by atoms with Crippen molar-refractivity contribution >= 4 is 6.08 Å². The number of alkyl halides is 2. The van der Waals surface area contributed by atoms with Gasteiger partial charge in [-0.05, 0) is 29.8 Å². The van der Waals surface area contributed by atoms with Crippen LogP contribution in [0.2, 0.25) is 0 Å². The molecule has 0 N–H and O–H groups in total. The van der Waals surface area contributed by atoms with Crippen LogP contribution in [0.5, 0.6) is 17.2 Å². The highest BCUT2D eigenvalue weighted by molar-refractivity contribution is 5.63. The van der Waals surface area contributed by atoms with Gasteiger partial charge in [-0.25, -0.2) is 8.78 Å². The van der Waals surface area contributed by atoms with Gasteiger partial charge in [0.2, 0.25) is 5.92 Å². The van der Waals surface area contributed by atoms with Crippen molar-refractivity contribution in [3.63, 3.8) is 0 Å². The SMILES string of the molecule is C=Cc1cc(OCOC)cc2c1O[C@@H](c1ccc(OCOC)cc1)[C@H]1CC(F)(F)C[C@@H]21. The van der Waals surface area contributed by atoms with Crippen LogP contribution in [0, 0.1) is 5.92 Å². The summed E-state index contributed by atoms with van der Waals surface area (Å²) in [6.07, 6.45) is 0.719. The molecule has 1 heterocycles. The summed E-state index contributed by atoms with van der Waals surface area (Å²) in [6, 6.07) is 10.9. The van der Waals surface area contributed by atoms with E-state index in [1.807, 2.05) is 12.1 Å². The van der Waals surface area contributed by atoms with E-state index in [0.29, 0.717) is 22.8 Å². The largest absolute Gasteiger partial charge is 0.484 e. The first-order valence-corrected chi connectivity index (χ1v) is 10.1. The number of ether oxygens (including phenoxy) is 5. The van der Waals surface area contributed by atoms with Crippen molar-refractivity contribution in [3.05, 3.63) is 59.7 Å². The van der Waals surface area contributed by atoms with E-state index in [-0.39, 0.29) is 38.3 Å². The second-order valence-corrected chi connectivity index (χ2v) is 7.88. The first-order valence-electron chi connectivity index (χ1n) is 10.1. The molecule has 0 unspecified atom stereocenters. The maximum atomic E-state index is 14.6. The fourth-order valence-electron chi connectivity index (χ4n) is 4.53. The van der Waals surface area contributed by atoms with Crippen LogP contribution in [0.3, 0.4) is 0 Å². The normalized spacial score (nSPS) is 23.4. The summed E-state index contributed by atoms with van der Waals surface area (Å²) in [5.74, 6) is -1.68. The Bertz CT molecular complexity index is 928. The number of benzene rings is 2. The van der Waals surface area contributed by atoms with Gasteiger partial charge in [0.25, 0.3) is 0 Å². The van der Waals surface area contributed by atoms with Crippen LogP contribution < -0.4 is 14.2 Å². The van der Waals surface area contributed by atoms with Crippen LogP contribution in [0.15, 0.2) is 43.0 Å². The first kappa shape index (κ1) is 21.6.